The number of hydrogen-bond acceptors (Lipinski definition) is 5. The van der Waals surface area contributed by atoms with Gasteiger partial charge in [-0.3, -0.25) is 4.79 Å². The molecule has 1 aromatic heterocycles. The molecule has 2 N–H and O–H groups in total. The molecule has 0 atom stereocenters. The summed E-state index contributed by atoms with van der Waals surface area (Å²) in [5.74, 6) is -1.62. The number of rotatable bonds is 4. The lowest BCUT2D eigenvalue weighted by atomic mass is 10.3. The van der Waals surface area contributed by atoms with Crippen molar-refractivity contribution in [1.29, 1.82) is 0 Å². The number of carbonyl (C=O) groups excluding carboxylic acids is 1. The number of thiazole rings is 1. The van der Waals surface area contributed by atoms with Crippen molar-refractivity contribution >= 4 is 57.1 Å². The molecule has 0 saturated carbocycles. The molecular weight excluding hydrogens is 323 g/mol. The van der Waals surface area contributed by atoms with Crippen LogP contribution >= 0.6 is 34.5 Å². The minimum atomic E-state index is -1.26. The number of nitrogens with zero attached hydrogens (tertiary/aromatic N) is 1. The van der Waals surface area contributed by atoms with E-state index in [0.29, 0.717) is 15.7 Å². The maximum absolute atomic E-state index is 11.4. The average Bonchev–Trinajstić information content (AvgIpc) is 2.78. The quantitative estimate of drug-likeness (QED) is 0.825. The molecule has 0 saturated heterocycles. The predicted octanol–water partition coefficient (Wildman–Crippen LogP) is 4.09. The molecule has 1 aromatic carbocycles. The van der Waals surface area contributed by atoms with Crippen LogP contribution in [0.3, 0.4) is 0 Å². The maximum atomic E-state index is 11.4. The molecule has 2 aromatic rings. The minimum absolute atomic E-state index is 0.0724. The monoisotopic (exact) mass is 330 g/mol. The van der Waals surface area contributed by atoms with Gasteiger partial charge in [0.05, 0.1) is 15.7 Å². The number of nitrogens with one attached hydrogen (secondary N) is 1. The van der Waals surface area contributed by atoms with Gasteiger partial charge in [-0.1, -0.05) is 40.6 Å². The van der Waals surface area contributed by atoms with E-state index < -0.39 is 5.97 Å². The number of ketones is 1. The third-order valence-electron chi connectivity index (χ3n) is 2.34. The summed E-state index contributed by atoms with van der Waals surface area (Å²) in [6.45, 7) is 1.28. The van der Waals surface area contributed by atoms with Crippen LogP contribution in [-0.2, 0) is 0 Å². The van der Waals surface area contributed by atoms with Crippen molar-refractivity contribution in [1.82, 2.24) is 4.98 Å². The highest BCUT2D eigenvalue weighted by Crippen LogP contribution is 2.34. The molecule has 20 heavy (non-hydrogen) atoms. The van der Waals surface area contributed by atoms with E-state index in [0.717, 1.165) is 11.3 Å². The second kappa shape index (κ2) is 5.78. The molecule has 1 heterocycles. The summed E-state index contributed by atoms with van der Waals surface area (Å²) in [5, 5.41) is 12.8. The maximum Gasteiger partial charge on any atom is 0.356 e. The first-order valence-electron chi connectivity index (χ1n) is 5.36. The van der Waals surface area contributed by atoms with Crippen molar-refractivity contribution in [2.75, 3.05) is 5.32 Å². The van der Waals surface area contributed by atoms with Crippen molar-refractivity contribution in [3.63, 3.8) is 0 Å². The smallest absolute Gasteiger partial charge is 0.356 e. The van der Waals surface area contributed by atoms with Gasteiger partial charge in [-0.2, -0.15) is 0 Å². The zero-order valence-electron chi connectivity index (χ0n) is 10.1. The highest BCUT2D eigenvalue weighted by molar-refractivity contribution is 7.17. The van der Waals surface area contributed by atoms with E-state index >= 15 is 0 Å². The van der Waals surface area contributed by atoms with Crippen LogP contribution in [0.15, 0.2) is 18.2 Å². The van der Waals surface area contributed by atoms with Crippen LogP contribution in [0.4, 0.5) is 10.8 Å². The van der Waals surface area contributed by atoms with E-state index in [1.165, 1.54) is 6.92 Å². The topological polar surface area (TPSA) is 79.3 Å². The minimum Gasteiger partial charge on any atom is -0.476 e. The summed E-state index contributed by atoms with van der Waals surface area (Å²) in [6.07, 6.45) is 0. The molecule has 0 spiro atoms. The van der Waals surface area contributed by atoms with Gasteiger partial charge < -0.3 is 10.4 Å². The predicted molar refractivity (Wildman–Crippen MR) is 78.8 cm³/mol. The van der Waals surface area contributed by atoms with Gasteiger partial charge in [0.1, 0.15) is 4.88 Å². The molecule has 104 valence electrons. The van der Waals surface area contributed by atoms with E-state index in [9.17, 15) is 9.59 Å². The van der Waals surface area contributed by atoms with Gasteiger partial charge in [0.15, 0.2) is 16.6 Å². The first kappa shape index (κ1) is 14.8. The molecule has 0 aliphatic rings. The summed E-state index contributed by atoms with van der Waals surface area (Å²) in [4.78, 5) is 26.4. The second-order valence-electron chi connectivity index (χ2n) is 3.78. The molecule has 2 rings (SSSR count). The molecule has 0 amide bonds. The van der Waals surface area contributed by atoms with Crippen molar-refractivity contribution in [3.05, 3.63) is 38.8 Å². The Morgan fingerprint density at radius 2 is 1.90 bits per heavy atom. The van der Waals surface area contributed by atoms with Gasteiger partial charge in [-0.15, -0.1) is 0 Å². The zero-order valence-corrected chi connectivity index (χ0v) is 12.4. The van der Waals surface area contributed by atoms with E-state index in [-0.39, 0.29) is 21.5 Å². The lowest BCUT2D eigenvalue weighted by Gasteiger charge is -2.06. The summed E-state index contributed by atoms with van der Waals surface area (Å²) >= 11 is 12.9. The Labute approximate surface area is 128 Å². The molecule has 5 nitrogen and oxygen atoms in total. The van der Waals surface area contributed by atoms with Gasteiger partial charge in [-0.25, -0.2) is 9.78 Å². The molecule has 8 heteroatoms. The van der Waals surface area contributed by atoms with Gasteiger partial charge in [0.25, 0.3) is 0 Å². The summed E-state index contributed by atoms with van der Waals surface area (Å²) in [5.41, 5.74) is 0.129. The highest BCUT2D eigenvalue weighted by Gasteiger charge is 2.21. The van der Waals surface area contributed by atoms with E-state index in [4.69, 9.17) is 28.3 Å². The van der Waals surface area contributed by atoms with Crippen LogP contribution in [0.5, 0.6) is 0 Å². The molecule has 0 aliphatic carbocycles. The number of carbonyl (C=O) groups is 2. The summed E-state index contributed by atoms with van der Waals surface area (Å²) in [6, 6.07) is 4.95. The number of aromatic nitrogens is 1. The number of para-hydroxylation sites is 1. The lowest BCUT2D eigenvalue weighted by molar-refractivity contribution is 0.0687. The van der Waals surface area contributed by atoms with Gasteiger partial charge in [0.2, 0.25) is 0 Å². The fourth-order valence-electron chi connectivity index (χ4n) is 1.48. The molecule has 0 bridgehead atoms. The molecule has 0 radical (unpaired) electrons. The normalized spacial score (nSPS) is 10.3. The second-order valence-corrected chi connectivity index (χ2v) is 5.59. The number of aromatic carboxylic acids is 1. The van der Waals surface area contributed by atoms with Gasteiger partial charge in [0, 0.05) is 6.92 Å². The van der Waals surface area contributed by atoms with Crippen LogP contribution in [0.2, 0.25) is 10.0 Å². The van der Waals surface area contributed by atoms with E-state index in [1.807, 2.05) is 0 Å². The van der Waals surface area contributed by atoms with Crippen molar-refractivity contribution in [2.45, 2.75) is 6.92 Å². The Morgan fingerprint density at radius 3 is 2.35 bits per heavy atom. The molecule has 0 fully saturated rings. The number of halogens is 2. The summed E-state index contributed by atoms with van der Waals surface area (Å²) in [7, 11) is 0. The third-order valence-corrected chi connectivity index (χ3v) is 4.05. The molecule has 0 unspecified atom stereocenters. The van der Waals surface area contributed by atoms with Crippen LogP contribution < -0.4 is 5.32 Å². The van der Waals surface area contributed by atoms with Crippen molar-refractivity contribution < 1.29 is 14.7 Å². The van der Waals surface area contributed by atoms with Gasteiger partial charge in [-0.05, 0) is 12.1 Å². The number of benzene rings is 1. The Morgan fingerprint density at radius 1 is 1.30 bits per heavy atom. The standard InChI is InChI=1S/C12H8Cl2N2O3S/c1-5(17)10-9(11(18)19)16-12(20-10)15-8-6(13)3-2-4-7(8)14/h2-4H,1H3,(H,15,16)(H,18,19). The van der Waals surface area contributed by atoms with Crippen LogP contribution in [0, 0.1) is 0 Å². The SMILES string of the molecule is CC(=O)c1sc(Nc2c(Cl)cccc2Cl)nc1C(=O)O. The Balaban J connectivity index is 2.42. The fraction of sp³-hybridized carbons (Fsp3) is 0.0833. The van der Waals surface area contributed by atoms with E-state index in [2.05, 4.69) is 10.3 Å². The fourth-order valence-corrected chi connectivity index (χ4v) is 2.83. The number of carboxylic acid groups (broad SMARTS) is 1. The van der Waals surface area contributed by atoms with Crippen LogP contribution in [0.1, 0.15) is 27.1 Å². The Hall–Kier alpha value is -1.63. The van der Waals surface area contributed by atoms with Crippen LogP contribution in [-0.4, -0.2) is 21.8 Å². The van der Waals surface area contributed by atoms with Crippen molar-refractivity contribution in [3.8, 4) is 0 Å². The molecular formula is C12H8Cl2N2O3S. The largest absolute Gasteiger partial charge is 0.476 e. The van der Waals surface area contributed by atoms with E-state index in [1.54, 1.807) is 18.2 Å². The summed E-state index contributed by atoms with van der Waals surface area (Å²) < 4.78 is 0. The first-order chi connectivity index (χ1) is 9.40. The Bertz CT molecular complexity index is 648. The first-order valence-corrected chi connectivity index (χ1v) is 6.93. The van der Waals surface area contributed by atoms with Crippen LogP contribution in [0.25, 0.3) is 0 Å². The zero-order chi connectivity index (χ0) is 14.9. The molecule has 0 aliphatic heterocycles. The third kappa shape index (κ3) is 2.92. The highest BCUT2D eigenvalue weighted by atomic mass is 35.5. The Kier molecular flexibility index (Phi) is 4.27. The number of carboxylic acids is 1. The number of hydrogen-bond donors (Lipinski definition) is 2. The van der Waals surface area contributed by atoms with Crippen molar-refractivity contribution in [2.24, 2.45) is 0 Å². The lowest BCUT2D eigenvalue weighted by Crippen LogP contribution is -2.03. The number of Topliss-reactive ketones (excluding diaryl/α,β-unsaturated/α-hetero) is 1. The van der Waals surface area contributed by atoms with Gasteiger partial charge >= 0.3 is 5.97 Å². The number of anilines is 2. The average molecular weight is 331 g/mol.